The summed E-state index contributed by atoms with van der Waals surface area (Å²) in [6.45, 7) is 1.74. The molecule has 1 unspecified atom stereocenters. The molecule has 0 aromatic carbocycles. The minimum atomic E-state index is -4.76. The summed E-state index contributed by atoms with van der Waals surface area (Å²) in [6.07, 6.45) is -0.478. The molecular formula is C21H16ClF3N6O3. The lowest BCUT2D eigenvalue weighted by Gasteiger charge is -2.18. The topological polar surface area (TPSA) is 115 Å². The van der Waals surface area contributed by atoms with E-state index in [1.54, 1.807) is 19.1 Å². The Labute approximate surface area is 195 Å². The van der Waals surface area contributed by atoms with Crippen LogP contribution in [0, 0.1) is 0 Å². The molecule has 0 bridgehead atoms. The second-order valence-corrected chi connectivity index (χ2v) is 7.39. The minimum Gasteiger partial charge on any atom is -0.443 e. The molecule has 2 N–H and O–H groups in total. The predicted octanol–water partition coefficient (Wildman–Crippen LogP) is 5.70. The first kappa shape index (κ1) is 23.4. The van der Waals surface area contributed by atoms with Gasteiger partial charge in [-0.05, 0) is 25.1 Å². The number of aromatic nitrogens is 4. The number of carbonyl (C=O) groups is 1. The second kappa shape index (κ2) is 9.23. The summed E-state index contributed by atoms with van der Waals surface area (Å²) >= 11 is 6.02. The quantitative estimate of drug-likeness (QED) is 0.343. The molecular weight excluding hydrogens is 477 g/mol. The molecule has 4 aromatic heterocycles. The first-order valence-corrected chi connectivity index (χ1v) is 10.1. The van der Waals surface area contributed by atoms with E-state index in [0.717, 1.165) is 18.5 Å². The molecule has 0 fully saturated rings. The number of hydrogen-bond acceptors (Lipinski definition) is 7. The number of fused-ring (bicyclic) bond motifs is 1. The Bertz CT molecular complexity index is 1350. The minimum absolute atomic E-state index is 0.198. The molecule has 4 rings (SSSR count). The number of carbonyl (C=O) groups excluding carboxylic acids is 1. The van der Waals surface area contributed by atoms with E-state index in [2.05, 4.69) is 30.6 Å². The Hall–Kier alpha value is -3.77. The van der Waals surface area contributed by atoms with Crippen LogP contribution in [0.4, 0.5) is 29.3 Å². The lowest BCUT2D eigenvalue weighted by Crippen LogP contribution is -2.22. The van der Waals surface area contributed by atoms with Gasteiger partial charge < -0.3 is 19.8 Å². The standard InChI is InChI=1S/C21H16ClF3N6O3/c1-10(33-2)16-14(9-27-13-3-4-15(22)31-18(13)16)30-20(32)29-11-7-12(21(23,24)25)17(28-8-11)19-26-5-6-34-19/h3-10H,1-2H3,(H2,29,30,32). The van der Waals surface area contributed by atoms with Crippen LogP contribution in [0.3, 0.4) is 0 Å². The van der Waals surface area contributed by atoms with E-state index in [9.17, 15) is 18.0 Å². The molecule has 4 heterocycles. The third-order valence-electron chi connectivity index (χ3n) is 4.81. The van der Waals surface area contributed by atoms with Crippen LogP contribution in [0.5, 0.6) is 0 Å². The summed E-state index contributed by atoms with van der Waals surface area (Å²) in [5.74, 6) is -0.296. The number of amides is 2. The zero-order valence-corrected chi connectivity index (χ0v) is 18.4. The van der Waals surface area contributed by atoms with E-state index in [-0.39, 0.29) is 22.4 Å². The van der Waals surface area contributed by atoms with Gasteiger partial charge in [-0.2, -0.15) is 13.2 Å². The van der Waals surface area contributed by atoms with Crippen molar-refractivity contribution < 1.29 is 27.1 Å². The number of oxazole rings is 1. The van der Waals surface area contributed by atoms with Crippen LogP contribution in [-0.2, 0) is 10.9 Å². The lowest BCUT2D eigenvalue weighted by molar-refractivity contribution is -0.137. The van der Waals surface area contributed by atoms with Crippen LogP contribution in [0.25, 0.3) is 22.6 Å². The Morgan fingerprint density at radius 2 is 1.97 bits per heavy atom. The Kier molecular flexibility index (Phi) is 6.35. The molecule has 0 spiro atoms. The molecule has 9 nitrogen and oxygen atoms in total. The molecule has 1 atom stereocenters. The Morgan fingerprint density at radius 1 is 1.18 bits per heavy atom. The smallest absolute Gasteiger partial charge is 0.418 e. The van der Waals surface area contributed by atoms with Crippen molar-refractivity contribution in [2.24, 2.45) is 0 Å². The van der Waals surface area contributed by atoms with Crippen molar-refractivity contribution in [2.45, 2.75) is 19.2 Å². The second-order valence-electron chi connectivity index (χ2n) is 7.00. The van der Waals surface area contributed by atoms with Crippen LogP contribution in [0.2, 0.25) is 5.15 Å². The average Bonchev–Trinajstić information content (AvgIpc) is 3.32. The van der Waals surface area contributed by atoms with Crippen molar-refractivity contribution in [2.75, 3.05) is 17.7 Å². The normalized spacial score (nSPS) is 12.5. The highest BCUT2D eigenvalue weighted by Crippen LogP contribution is 2.37. The van der Waals surface area contributed by atoms with Crippen molar-refractivity contribution in [3.8, 4) is 11.6 Å². The summed E-state index contributed by atoms with van der Waals surface area (Å²) in [4.78, 5) is 28.7. The van der Waals surface area contributed by atoms with Crippen molar-refractivity contribution >= 4 is 40.0 Å². The average molecular weight is 493 g/mol. The summed E-state index contributed by atoms with van der Waals surface area (Å²) in [7, 11) is 1.48. The van der Waals surface area contributed by atoms with Gasteiger partial charge in [-0.3, -0.25) is 4.98 Å². The van der Waals surface area contributed by atoms with E-state index >= 15 is 0 Å². The summed E-state index contributed by atoms with van der Waals surface area (Å²) < 4.78 is 51.1. The van der Waals surface area contributed by atoms with Gasteiger partial charge in [-0.1, -0.05) is 11.6 Å². The van der Waals surface area contributed by atoms with E-state index in [1.165, 1.54) is 19.5 Å². The van der Waals surface area contributed by atoms with Crippen LogP contribution in [0.1, 0.15) is 24.2 Å². The lowest BCUT2D eigenvalue weighted by atomic mass is 10.1. The van der Waals surface area contributed by atoms with E-state index in [1.807, 2.05) is 0 Å². The van der Waals surface area contributed by atoms with Crippen molar-refractivity contribution in [1.82, 2.24) is 19.9 Å². The van der Waals surface area contributed by atoms with Crippen LogP contribution >= 0.6 is 11.6 Å². The maximum atomic E-state index is 13.6. The number of rotatable bonds is 5. The third kappa shape index (κ3) is 4.77. The molecule has 0 aliphatic rings. The highest BCUT2D eigenvalue weighted by molar-refractivity contribution is 6.29. The Morgan fingerprint density at radius 3 is 2.65 bits per heavy atom. The predicted molar refractivity (Wildman–Crippen MR) is 117 cm³/mol. The maximum Gasteiger partial charge on any atom is 0.418 e. The van der Waals surface area contributed by atoms with Crippen LogP contribution in [-0.4, -0.2) is 33.1 Å². The summed E-state index contributed by atoms with van der Waals surface area (Å²) in [6, 6.07) is 3.15. The third-order valence-corrected chi connectivity index (χ3v) is 5.02. The fourth-order valence-corrected chi connectivity index (χ4v) is 3.38. The van der Waals surface area contributed by atoms with Gasteiger partial charge in [-0.25, -0.2) is 19.7 Å². The van der Waals surface area contributed by atoms with Gasteiger partial charge in [0.25, 0.3) is 0 Å². The number of alkyl halides is 3. The SMILES string of the molecule is COC(C)c1c(NC(=O)Nc2cnc(-c3ncco3)c(C(F)(F)F)c2)cnc2ccc(Cl)nc12. The van der Waals surface area contributed by atoms with Gasteiger partial charge in [0.15, 0.2) is 0 Å². The number of nitrogens with zero attached hydrogens (tertiary/aromatic N) is 4. The molecule has 0 aliphatic carbocycles. The Balaban J connectivity index is 1.64. The van der Waals surface area contributed by atoms with Gasteiger partial charge in [0.1, 0.15) is 17.1 Å². The molecule has 34 heavy (non-hydrogen) atoms. The number of halogens is 4. The molecule has 4 aromatic rings. The molecule has 2 amide bonds. The van der Waals surface area contributed by atoms with Gasteiger partial charge in [0.2, 0.25) is 5.89 Å². The monoisotopic (exact) mass is 492 g/mol. The first-order chi connectivity index (χ1) is 16.2. The molecule has 0 aliphatic heterocycles. The van der Waals surface area contributed by atoms with Gasteiger partial charge in [-0.15, -0.1) is 0 Å². The molecule has 0 saturated carbocycles. The van der Waals surface area contributed by atoms with E-state index < -0.39 is 29.6 Å². The zero-order chi connectivity index (χ0) is 24.5. The number of methoxy groups -OCH3 is 1. The van der Waals surface area contributed by atoms with Crippen LogP contribution in [0.15, 0.2) is 47.5 Å². The van der Waals surface area contributed by atoms with Gasteiger partial charge in [0.05, 0.1) is 52.7 Å². The van der Waals surface area contributed by atoms with Crippen molar-refractivity contribution in [3.05, 3.63) is 59.3 Å². The number of pyridine rings is 3. The van der Waals surface area contributed by atoms with Gasteiger partial charge >= 0.3 is 12.2 Å². The highest BCUT2D eigenvalue weighted by atomic mass is 35.5. The van der Waals surface area contributed by atoms with E-state index in [4.69, 9.17) is 20.8 Å². The number of nitrogens with one attached hydrogen (secondary N) is 2. The number of anilines is 2. The fourth-order valence-electron chi connectivity index (χ4n) is 3.24. The number of urea groups is 1. The van der Waals surface area contributed by atoms with E-state index in [0.29, 0.717) is 16.6 Å². The molecule has 0 saturated heterocycles. The number of hydrogen-bond donors (Lipinski definition) is 2. The highest BCUT2D eigenvalue weighted by Gasteiger charge is 2.36. The summed E-state index contributed by atoms with van der Waals surface area (Å²) in [5, 5.41) is 5.13. The maximum absolute atomic E-state index is 13.6. The number of ether oxygens (including phenoxy) is 1. The fraction of sp³-hybridized carbons (Fsp3) is 0.190. The largest absolute Gasteiger partial charge is 0.443 e. The van der Waals surface area contributed by atoms with Crippen molar-refractivity contribution in [3.63, 3.8) is 0 Å². The zero-order valence-electron chi connectivity index (χ0n) is 17.6. The van der Waals surface area contributed by atoms with Crippen molar-refractivity contribution in [1.29, 1.82) is 0 Å². The molecule has 13 heteroatoms. The van der Waals surface area contributed by atoms with Crippen LogP contribution < -0.4 is 10.6 Å². The summed E-state index contributed by atoms with van der Waals surface area (Å²) in [5.41, 5.74) is -0.134. The first-order valence-electron chi connectivity index (χ1n) is 9.70. The van der Waals surface area contributed by atoms with Gasteiger partial charge in [0, 0.05) is 12.7 Å². The molecule has 0 radical (unpaired) electrons. The molecule has 176 valence electrons.